The molecule has 0 saturated carbocycles. The lowest BCUT2D eigenvalue weighted by Crippen LogP contribution is -2.15. The van der Waals surface area contributed by atoms with Crippen molar-refractivity contribution >= 4 is 11.6 Å². The Morgan fingerprint density at radius 1 is 1.56 bits per heavy atom. The Labute approximate surface area is 99.0 Å². The van der Waals surface area contributed by atoms with E-state index in [1.165, 1.54) is 0 Å². The molecule has 0 aliphatic rings. The number of hydrogen-bond acceptors (Lipinski definition) is 3. The molecule has 1 atom stereocenters. The maximum atomic E-state index is 6.09. The minimum Gasteiger partial charge on any atom is -0.464 e. The lowest BCUT2D eigenvalue weighted by atomic mass is 10.2. The van der Waals surface area contributed by atoms with E-state index in [9.17, 15) is 0 Å². The van der Waals surface area contributed by atoms with Crippen LogP contribution in [0.4, 0.5) is 0 Å². The van der Waals surface area contributed by atoms with E-state index in [-0.39, 0.29) is 6.04 Å². The van der Waals surface area contributed by atoms with Crippen molar-refractivity contribution < 1.29 is 4.42 Å². The average Bonchev–Trinajstić information content (AvgIpc) is 2.85. The molecule has 0 bridgehead atoms. The molecule has 0 fully saturated rings. The van der Waals surface area contributed by atoms with Crippen LogP contribution in [0.5, 0.6) is 0 Å². The van der Waals surface area contributed by atoms with Gasteiger partial charge < -0.3 is 10.2 Å². The molecule has 2 aromatic rings. The molecule has 0 radical (unpaired) electrons. The van der Waals surface area contributed by atoms with Crippen molar-refractivity contribution in [2.24, 2.45) is 12.8 Å². The molecule has 2 aromatic heterocycles. The average molecular weight is 240 g/mol. The second-order valence-corrected chi connectivity index (χ2v) is 4.04. The van der Waals surface area contributed by atoms with Crippen LogP contribution in [0.15, 0.2) is 22.7 Å². The third-order valence-corrected chi connectivity index (χ3v) is 2.86. The fraction of sp³-hybridized carbons (Fsp3) is 0.364. The minimum atomic E-state index is -0.375. The van der Waals surface area contributed by atoms with Crippen molar-refractivity contribution in [2.45, 2.75) is 19.4 Å². The Morgan fingerprint density at radius 2 is 2.31 bits per heavy atom. The summed E-state index contributed by atoms with van der Waals surface area (Å²) in [5.41, 5.74) is 6.85. The molecule has 2 heterocycles. The Morgan fingerprint density at radius 3 is 2.81 bits per heavy atom. The quantitative estimate of drug-likeness (QED) is 0.894. The second kappa shape index (κ2) is 4.31. The molecule has 5 heteroatoms. The van der Waals surface area contributed by atoms with Crippen LogP contribution in [0.3, 0.4) is 0 Å². The van der Waals surface area contributed by atoms with Crippen LogP contribution in [0.25, 0.3) is 0 Å². The maximum absolute atomic E-state index is 6.09. The van der Waals surface area contributed by atoms with Gasteiger partial charge in [-0.1, -0.05) is 18.5 Å². The van der Waals surface area contributed by atoms with Gasteiger partial charge in [0.15, 0.2) is 0 Å². The van der Waals surface area contributed by atoms with Crippen molar-refractivity contribution in [1.82, 2.24) is 9.78 Å². The summed E-state index contributed by atoms with van der Waals surface area (Å²) >= 11 is 6.03. The van der Waals surface area contributed by atoms with E-state index in [0.717, 1.165) is 17.9 Å². The van der Waals surface area contributed by atoms with E-state index >= 15 is 0 Å². The maximum Gasteiger partial charge on any atom is 0.127 e. The highest BCUT2D eigenvalue weighted by molar-refractivity contribution is 6.31. The first kappa shape index (κ1) is 11.2. The third kappa shape index (κ3) is 1.86. The number of hydrogen-bond donors (Lipinski definition) is 1. The van der Waals surface area contributed by atoms with Crippen LogP contribution in [-0.2, 0) is 13.5 Å². The molecule has 0 saturated heterocycles. The predicted octanol–water partition coefficient (Wildman–Crippen LogP) is 2.28. The van der Waals surface area contributed by atoms with Crippen LogP contribution in [0.1, 0.15) is 30.2 Å². The van der Waals surface area contributed by atoms with Gasteiger partial charge in [-0.2, -0.15) is 5.10 Å². The van der Waals surface area contributed by atoms with Crippen LogP contribution in [0.2, 0.25) is 5.02 Å². The number of furan rings is 1. The third-order valence-electron chi connectivity index (χ3n) is 2.57. The van der Waals surface area contributed by atoms with Gasteiger partial charge in [0.05, 0.1) is 16.9 Å². The van der Waals surface area contributed by atoms with E-state index in [2.05, 4.69) is 5.10 Å². The highest BCUT2D eigenvalue weighted by atomic mass is 35.5. The first-order chi connectivity index (χ1) is 7.63. The number of aromatic nitrogens is 2. The standard InChI is InChI=1S/C11H14ClN3O/c1-3-7-4-5-9(16-7)10(13)11-8(12)6-14-15(11)2/h4-6,10H,3,13H2,1-2H3. The lowest BCUT2D eigenvalue weighted by Gasteiger charge is -2.09. The smallest absolute Gasteiger partial charge is 0.127 e. The Hall–Kier alpha value is -1.26. The number of nitrogens with zero attached hydrogens (tertiary/aromatic N) is 2. The Kier molecular flexibility index (Phi) is 3.03. The van der Waals surface area contributed by atoms with E-state index < -0.39 is 0 Å². The topological polar surface area (TPSA) is 57.0 Å². The highest BCUT2D eigenvalue weighted by Crippen LogP contribution is 2.26. The zero-order valence-electron chi connectivity index (χ0n) is 9.27. The van der Waals surface area contributed by atoms with Gasteiger partial charge in [-0.15, -0.1) is 0 Å². The zero-order valence-corrected chi connectivity index (χ0v) is 10.0. The molecule has 1 unspecified atom stereocenters. The summed E-state index contributed by atoms with van der Waals surface area (Å²) in [4.78, 5) is 0. The normalized spacial score (nSPS) is 13.0. The summed E-state index contributed by atoms with van der Waals surface area (Å²) in [6, 6.07) is 3.44. The van der Waals surface area contributed by atoms with Crippen molar-refractivity contribution in [3.05, 3.63) is 40.6 Å². The van der Waals surface area contributed by atoms with Gasteiger partial charge in [-0.25, -0.2) is 0 Å². The minimum absolute atomic E-state index is 0.375. The molecule has 4 nitrogen and oxygen atoms in total. The SMILES string of the molecule is CCc1ccc(C(N)c2c(Cl)cnn2C)o1. The fourth-order valence-electron chi connectivity index (χ4n) is 1.66. The molecule has 16 heavy (non-hydrogen) atoms. The van der Waals surface area contributed by atoms with E-state index in [4.69, 9.17) is 21.8 Å². The molecule has 0 amide bonds. The summed E-state index contributed by atoms with van der Waals surface area (Å²) in [6.45, 7) is 2.03. The van der Waals surface area contributed by atoms with Crippen molar-refractivity contribution in [2.75, 3.05) is 0 Å². The number of rotatable bonds is 3. The van der Waals surface area contributed by atoms with Gasteiger partial charge in [-0.3, -0.25) is 4.68 Å². The predicted molar refractivity (Wildman–Crippen MR) is 62.3 cm³/mol. The number of nitrogens with two attached hydrogens (primary N) is 1. The van der Waals surface area contributed by atoms with Crippen molar-refractivity contribution in [3.63, 3.8) is 0 Å². The Balaban J connectivity index is 2.34. The van der Waals surface area contributed by atoms with Crippen LogP contribution in [-0.4, -0.2) is 9.78 Å². The van der Waals surface area contributed by atoms with Gasteiger partial charge in [0.2, 0.25) is 0 Å². The molecule has 0 spiro atoms. The second-order valence-electron chi connectivity index (χ2n) is 3.64. The zero-order chi connectivity index (χ0) is 11.7. The van der Waals surface area contributed by atoms with Gasteiger partial charge in [0.25, 0.3) is 0 Å². The van der Waals surface area contributed by atoms with Crippen LogP contribution >= 0.6 is 11.6 Å². The Bertz CT molecular complexity index is 470. The van der Waals surface area contributed by atoms with Crippen LogP contribution in [0, 0.1) is 0 Å². The van der Waals surface area contributed by atoms with Gasteiger partial charge in [0, 0.05) is 13.5 Å². The van der Waals surface area contributed by atoms with Crippen LogP contribution < -0.4 is 5.73 Å². The first-order valence-corrected chi connectivity index (χ1v) is 5.52. The molecular weight excluding hydrogens is 226 g/mol. The summed E-state index contributed by atoms with van der Waals surface area (Å²) in [6.07, 6.45) is 2.44. The van der Waals surface area contributed by atoms with Gasteiger partial charge >= 0.3 is 0 Å². The van der Waals surface area contributed by atoms with E-state index in [0.29, 0.717) is 10.8 Å². The van der Waals surface area contributed by atoms with Gasteiger partial charge in [0.1, 0.15) is 17.6 Å². The molecule has 0 aliphatic heterocycles. The molecule has 2 N–H and O–H groups in total. The molecule has 0 aliphatic carbocycles. The fourth-order valence-corrected chi connectivity index (χ4v) is 1.94. The van der Waals surface area contributed by atoms with E-state index in [1.807, 2.05) is 26.1 Å². The molecular formula is C11H14ClN3O. The first-order valence-electron chi connectivity index (χ1n) is 5.15. The summed E-state index contributed by atoms with van der Waals surface area (Å²) in [5, 5.41) is 4.61. The highest BCUT2D eigenvalue weighted by Gasteiger charge is 2.19. The summed E-state index contributed by atoms with van der Waals surface area (Å²) < 4.78 is 7.27. The van der Waals surface area contributed by atoms with Gasteiger partial charge in [-0.05, 0) is 12.1 Å². The molecule has 2 rings (SSSR count). The summed E-state index contributed by atoms with van der Waals surface area (Å²) in [7, 11) is 1.81. The number of halogens is 1. The van der Waals surface area contributed by atoms with Crippen molar-refractivity contribution in [3.8, 4) is 0 Å². The lowest BCUT2D eigenvalue weighted by molar-refractivity contribution is 0.446. The molecule has 0 aromatic carbocycles. The van der Waals surface area contributed by atoms with Crippen molar-refractivity contribution in [1.29, 1.82) is 0 Å². The number of aryl methyl sites for hydroxylation is 2. The summed E-state index contributed by atoms with van der Waals surface area (Å²) in [5.74, 6) is 1.63. The molecule has 86 valence electrons. The largest absolute Gasteiger partial charge is 0.464 e. The monoisotopic (exact) mass is 239 g/mol. The van der Waals surface area contributed by atoms with E-state index in [1.54, 1.807) is 10.9 Å².